The average molecular weight is 234 g/mol. The van der Waals surface area contributed by atoms with Gasteiger partial charge in [0.1, 0.15) is 0 Å². The average Bonchev–Trinajstić information content (AvgIpc) is 2.25. The Kier molecular flexibility index (Phi) is 5.62. The molecule has 0 bridgehead atoms. The summed E-state index contributed by atoms with van der Waals surface area (Å²) in [5, 5.41) is 0. The summed E-state index contributed by atoms with van der Waals surface area (Å²) in [5.41, 5.74) is 0. The van der Waals surface area contributed by atoms with Gasteiger partial charge in [-0.15, -0.1) is 0 Å². The molecule has 2 heterocycles. The first-order valence-corrected chi connectivity index (χ1v) is 6.24. The fourth-order valence-corrected chi connectivity index (χ4v) is 2.00. The normalized spacial score (nSPS) is 27.0. The molecular weight excluding hydrogens is 210 g/mol. The molecule has 0 atom stereocenters. The molecule has 4 heteroatoms. The van der Waals surface area contributed by atoms with Crippen molar-refractivity contribution in [2.75, 3.05) is 40.3 Å². The lowest BCUT2D eigenvalue weighted by molar-refractivity contribution is -0.0504. The first-order chi connectivity index (χ1) is 7.49. The van der Waals surface area contributed by atoms with Gasteiger partial charge in [-0.2, -0.15) is 0 Å². The number of halogens is 2. The lowest BCUT2D eigenvalue weighted by atomic mass is 10.1. The minimum atomic E-state index is -2.38. The van der Waals surface area contributed by atoms with Crippen molar-refractivity contribution < 1.29 is 8.78 Å². The number of hydrogen-bond acceptors (Lipinski definition) is 2. The molecule has 2 fully saturated rings. The Hall–Kier alpha value is -0.220. The Balaban J connectivity index is 0.000000165. The van der Waals surface area contributed by atoms with Crippen LogP contribution in [0.1, 0.15) is 32.1 Å². The van der Waals surface area contributed by atoms with Crippen molar-refractivity contribution in [1.82, 2.24) is 9.80 Å². The third-order valence-electron chi connectivity index (χ3n) is 3.30. The van der Waals surface area contributed by atoms with Gasteiger partial charge in [-0.25, -0.2) is 8.78 Å². The maximum absolute atomic E-state index is 12.4. The Morgan fingerprint density at radius 1 is 0.750 bits per heavy atom. The lowest BCUT2D eigenvalue weighted by Gasteiger charge is -2.28. The van der Waals surface area contributed by atoms with Crippen molar-refractivity contribution in [3.05, 3.63) is 0 Å². The number of likely N-dealkylation sites (tertiary alicyclic amines) is 2. The summed E-state index contributed by atoms with van der Waals surface area (Å²) in [5.74, 6) is -2.38. The van der Waals surface area contributed by atoms with Crippen molar-refractivity contribution >= 4 is 0 Å². The Morgan fingerprint density at radius 3 is 1.50 bits per heavy atom. The third kappa shape index (κ3) is 5.75. The van der Waals surface area contributed by atoms with Crippen LogP contribution in [0.15, 0.2) is 0 Å². The second-order valence-corrected chi connectivity index (χ2v) is 5.02. The molecule has 0 aromatic rings. The van der Waals surface area contributed by atoms with E-state index in [2.05, 4.69) is 11.9 Å². The first-order valence-electron chi connectivity index (χ1n) is 6.24. The van der Waals surface area contributed by atoms with E-state index in [1.165, 1.54) is 32.4 Å². The van der Waals surface area contributed by atoms with Crippen molar-refractivity contribution in [3.8, 4) is 0 Å². The van der Waals surface area contributed by atoms with Gasteiger partial charge in [-0.05, 0) is 40.0 Å². The van der Waals surface area contributed by atoms with Crippen LogP contribution in [0, 0.1) is 0 Å². The molecule has 0 spiro atoms. The van der Waals surface area contributed by atoms with E-state index in [9.17, 15) is 8.78 Å². The second kappa shape index (κ2) is 6.50. The van der Waals surface area contributed by atoms with E-state index in [1.807, 2.05) is 11.9 Å². The van der Waals surface area contributed by atoms with Crippen LogP contribution in [0.5, 0.6) is 0 Å². The summed E-state index contributed by atoms with van der Waals surface area (Å²) in [6, 6.07) is 0. The number of hydrogen-bond donors (Lipinski definition) is 0. The zero-order valence-corrected chi connectivity index (χ0v) is 10.5. The fraction of sp³-hybridized carbons (Fsp3) is 1.00. The highest BCUT2D eigenvalue weighted by Gasteiger charge is 2.32. The second-order valence-electron chi connectivity index (χ2n) is 5.02. The Morgan fingerprint density at radius 2 is 1.19 bits per heavy atom. The number of rotatable bonds is 0. The van der Waals surface area contributed by atoms with E-state index in [4.69, 9.17) is 0 Å². The highest BCUT2D eigenvalue weighted by Crippen LogP contribution is 2.26. The van der Waals surface area contributed by atoms with Crippen LogP contribution < -0.4 is 0 Å². The zero-order valence-electron chi connectivity index (χ0n) is 10.5. The highest BCUT2D eigenvalue weighted by atomic mass is 19.3. The third-order valence-corrected chi connectivity index (χ3v) is 3.30. The summed E-state index contributed by atoms with van der Waals surface area (Å²) >= 11 is 0. The van der Waals surface area contributed by atoms with E-state index < -0.39 is 5.92 Å². The predicted molar refractivity (Wildman–Crippen MR) is 63.0 cm³/mol. The molecule has 2 nitrogen and oxygen atoms in total. The molecular formula is C12H24F2N2. The molecule has 0 amide bonds. The van der Waals surface area contributed by atoms with Gasteiger partial charge >= 0.3 is 0 Å². The smallest absolute Gasteiger partial charge is 0.250 e. The van der Waals surface area contributed by atoms with Crippen LogP contribution in [-0.2, 0) is 0 Å². The Labute approximate surface area is 97.6 Å². The van der Waals surface area contributed by atoms with Crippen LogP contribution in [0.3, 0.4) is 0 Å². The minimum Gasteiger partial charge on any atom is -0.306 e. The van der Waals surface area contributed by atoms with Crippen LogP contribution in [0.25, 0.3) is 0 Å². The van der Waals surface area contributed by atoms with Crippen LogP contribution in [-0.4, -0.2) is 56.0 Å². The zero-order chi connectivity index (χ0) is 12.0. The van der Waals surface area contributed by atoms with Gasteiger partial charge in [0.2, 0.25) is 0 Å². The van der Waals surface area contributed by atoms with Gasteiger partial charge in [0, 0.05) is 25.9 Å². The van der Waals surface area contributed by atoms with E-state index >= 15 is 0 Å². The standard InChI is InChI=1S/C6H11F2N.C6H13N/c1-9-4-2-6(7,8)3-5-9;1-7-5-3-2-4-6-7/h2-5H2,1H3;2-6H2,1H3. The molecule has 2 saturated heterocycles. The Bertz CT molecular complexity index is 181. The van der Waals surface area contributed by atoms with Crippen molar-refractivity contribution in [1.29, 1.82) is 0 Å². The fourth-order valence-electron chi connectivity index (χ4n) is 2.00. The van der Waals surface area contributed by atoms with Crippen molar-refractivity contribution in [2.24, 2.45) is 0 Å². The van der Waals surface area contributed by atoms with Crippen molar-refractivity contribution in [2.45, 2.75) is 38.0 Å². The summed E-state index contributed by atoms with van der Waals surface area (Å²) in [4.78, 5) is 4.32. The molecule has 0 aromatic heterocycles. The topological polar surface area (TPSA) is 6.48 Å². The van der Waals surface area contributed by atoms with Crippen LogP contribution >= 0.6 is 0 Å². The molecule has 2 rings (SSSR count). The molecule has 2 aliphatic heterocycles. The summed E-state index contributed by atoms with van der Waals surface area (Å²) in [7, 11) is 4.06. The molecule has 2 aliphatic rings. The summed E-state index contributed by atoms with van der Waals surface area (Å²) in [6.45, 7) is 3.71. The van der Waals surface area contributed by atoms with Gasteiger partial charge in [0.25, 0.3) is 5.92 Å². The maximum Gasteiger partial charge on any atom is 0.250 e. The lowest BCUT2D eigenvalue weighted by Crippen LogP contribution is -2.36. The largest absolute Gasteiger partial charge is 0.306 e. The monoisotopic (exact) mass is 234 g/mol. The van der Waals surface area contributed by atoms with Gasteiger partial charge in [-0.3, -0.25) is 0 Å². The minimum absolute atomic E-state index is 0.0312. The van der Waals surface area contributed by atoms with E-state index in [-0.39, 0.29) is 12.8 Å². The van der Waals surface area contributed by atoms with Crippen molar-refractivity contribution in [3.63, 3.8) is 0 Å². The highest BCUT2D eigenvalue weighted by molar-refractivity contribution is 4.75. The number of nitrogens with zero attached hydrogens (tertiary/aromatic N) is 2. The number of piperidine rings is 2. The molecule has 96 valence electrons. The quantitative estimate of drug-likeness (QED) is 0.635. The van der Waals surface area contributed by atoms with Crippen LogP contribution in [0.2, 0.25) is 0 Å². The molecule has 16 heavy (non-hydrogen) atoms. The summed E-state index contributed by atoms with van der Waals surface area (Å²) < 4.78 is 24.7. The molecule has 0 aliphatic carbocycles. The van der Waals surface area contributed by atoms with Gasteiger partial charge < -0.3 is 9.80 Å². The van der Waals surface area contributed by atoms with Gasteiger partial charge in [-0.1, -0.05) is 6.42 Å². The van der Waals surface area contributed by atoms with Crippen LogP contribution in [0.4, 0.5) is 8.78 Å². The molecule has 0 N–H and O–H groups in total. The molecule has 0 unspecified atom stereocenters. The molecule has 0 radical (unpaired) electrons. The van der Waals surface area contributed by atoms with Gasteiger partial charge in [0.15, 0.2) is 0 Å². The van der Waals surface area contributed by atoms with E-state index in [0.29, 0.717) is 13.1 Å². The SMILES string of the molecule is CN1CCC(F)(F)CC1.CN1CCCCC1. The van der Waals surface area contributed by atoms with E-state index in [0.717, 1.165) is 0 Å². The van der Waals surface area contributed by atoms with E-state index in [1.54, 1.807) is 0 Å². The molecule has 0 aromatic carbocycles. The van der Waals surface area contributed by atoms with Gasteiger partial charge in [0.05, 0.1) is 0 Å². The first kappa shape index (κ1) is 13.8. The number of alkyl halides is 2. The summed E-state index contributed by atoms with van der Waals surface area (Å²) in [6.07, 6.45) is 4.34. The molecule has 0 saturated carbocycles. The maximum atomic E-state index is 12.4. The predicted octanol–water partition coefficient (Wildman–Crippen LogP) is 2.45.